The Balaban J connectivity index is 1.77. The number of fused-ring (bicyclic) bond motifs is 1. The first-order valence-corrected chi connectivity index (χ1v) is 11.4. The van der Waals surface area contributed by atoms with Crippen molar-refractivity contribution >= 4 is 18.1 Å². The maximum Gasteiger partial charge on any atom is 0.785 e. The van der Waals surface area contributed by atoms with Crippen molar-refractivity contribution < 1.29 is 14.3 Å². The van der Waals surface area contributed by atoms with Gasteiger partial charge in [0.15, 0.2) is 0 Å². The first kappa shape index (κ1) is 22.9. The third kappa shape index (κ3) is 4.36. The second-order valence-corrected chi connectivity index (χ2v) is 9.09. The molecule has 4 aromatic rings. The smallest absolute Gasteiger partial charge is 0.501 e. The Morgan fingerprint density at radius 3 is 1.91 bits per heavy atom. The number of aryl methyl sites for hydroxylation is 6. The van der Waals surface area contributed by atoms with E-state index in [9.17, 15) is 5.02 Å². The van der Waals surface area contributed by atoms with E-state index in [1.807, 2.05) is 39.8 Å². The molecule has 168 valence electrons. The molecule has 4 heteroatoms. The van der Waals surface area contributed by atoms with Gasteiger partial charge in [0.05, 0.1) is 0 Å². The van der Waals surface area contributed by atoms with Crippen molar-refractivity contribution in [3.8, 4) is 22.6 Å². The van der Waals surface area contributed by atoms with Gasteiger partial charge in [-0.3, -0.25) is 0 Å². The highest BCUT2D eigenvalue weighted by Gasteiger charge is 2.27. The molecule has 0 saturated heterocycles. The predicted octanol–water partition coefficient (Wildman–Crippen LogP) is 7.10. The molecule has 0 atom stereocenters. The van der Waals surface area contributed by atoms with Gasteiger partial charge in [0.2, 0.25) is 0 Å². The average Bonchev–Trinajstić information content (AvgIpc) is 2.75. The Kier molecular flexibility index (Phi) is 6.22. The van der Waals surface area contributed by atoms with Gasteiger partial charge >= 0.3 is 7.32 Å². The lowest BCUT2D eigenvalue weighted by molar-refractivity contribution is 0.294. The van der Waals surface area contributed by atoms with Gasteiger partial charge in [-0.05, 0) is 104 Å². The van der Waals surface area contributed by atoms with Gasteiger partial charge in [-0.1, -0.05) is 60.2 Å². The van der Waals surface area contributed by atoms with Gasteiger partial charge < -0.3 is 14.3 Å². The van der Waals surface area contributed by atoms with Gasteiger partial charge in [0, 0.05) is 0 Å². The summed E-state index contributed by atoms with van der Waals surface area (Å²) in [6, 6.07) is 19.0. The summed E-state index contributed by atoms with van der Waals surface area (Å²) < 4.78 is 11.9. The fraction of sp³-hybridized carbons (Fsp3) is 0.241. The first-order valence-electron chi connectivity index (χ1n) is 11.4. The van der Waals surface area contributed by atoms with E-state index in [4.69, 9.17) is 9.31 Å². The van der Waals surface area contributed by atoms with Crippen LogP contribution in [0.25, 0.3) is 21.9 Å². The summed E-state index contributed by atoms with van der Waals surface area (Å²) in [5.41, 5.74) is 9.79. The molecule has 4 rings (SSSR count). The largest absolute Gasteiger partial charge is 0.785 e. The van der Waals surface area contributed by atoms with Crippen LogP contribution >= 0.6 is 0 Å². The zero-order chi connectivity index (χ0) is 23.9. The molecule has 0 fully saturated rings. The topological polar surface area (TPSA) is 38.7 Å². The van der Waals surface area contributed by atoms with Gasteiger partial charge in [-0.25, -0.2) is 0 Å². The third-order valence-electron chi connectivity index (χ3n) is 6.33. The lowest BCUT2D eigenvalue weighted by Gasteiger charge is -2.22. The van der Waals surface area contributed by atoms with Crippen LogP contribution in [0.15, 0.2) is 54.6 Å². The van der Waals surface area contributed by atoms with E-state index >= 15 is 0 Å². The lowest BCUT2D eigenvalue weighted by Crippen LogP contribution is -2.31. The Labute approximate surface area is 197 Å². The molecule has 33 heavy (non-hydrogen) atoms. The van der Waals surface area contributed by atoms with Crippen LogP contribution in [0.4, 0.5) is 0 Å². The van der Waals surface area contributed by atoms with Crippen molar-refractivity contribution in [1.29, 1.82) is 0 Å². The second kappa shape index (κ2) is 8.95. The molecule has 0 radical (unpaired) electrons. The molecule has 0 unspecified atom stereocenters. The normalized spacial score (nSPS) is 11.0. The molecule has 0 amide bonds. The number of hydrogen-bond donors (Lipinski definition) is 1. The maximum absolute atomic E-state index is 10.7. The molecular formula is C29H31BO3. The molecule has 1 N–H and O–H groups in total. The molecule has 4 aromatic carbocycles. The molecule has 0 saturated carbocycles. The molecule has 0 aromatic heterocycles. The van der Waals surface area contributed by atoms with Gasteiger partial charge in [-0.15, -0.1) is 0 Å². The Morgan fingerprint density at radius 2 is 1.21 bits per heavy atom. The van der Waals surface area contributed by atoms with Crippen LogP contribution in [0.5, 0.6) is 11.5 Å². The molecular weight excluding hydrogens is 407 g/mol. The molecule has 0 heterocycles. The van der Waals surface area contributed by atoms with Crippen molar-refractivity contribution in [2.45, 2.75) is 48.5 Å². The minimum absolute atomic E-state index is 0.651. The van der Waals surface area contributed by atoms with E-state index in [0.717, 1.165) is 33.4 Å². The molecule has 0 aliphatic heterocycles. The van der Waals surface area contributed by atoms with E-state index in [-0.39, 0.29) is 0 Å². The molecule has 0 spiro atoms. The number of benzene rings is 4. The summed E-state index contributed by atoms with van der Waals surface area (Å²) in [5, 5.41) is 13.1. The average molecular weight is 438 g/mol. The SMILES string of the molecule is Cc1cc(C)c(OB(O)Oc2c(C)cc(C)c(-c3c(C)ccc4ccccc34)c2C)c(C)c1. The fourth-order valence-electron chi connectivity index (χ4n) is 5.02. The first-order chi connectivity index (χ1) is 15.7. The van der Waals surface area contributed by atoms with Crippen LogP contribution in [-0.4, -0.2) is 12.3 Å². The molecule has 0 aliphatic carbocycles. The van der Waals surface area contributed by atoms with Gasteiger partial charge in [-0.2, -0.15) is 0 Å². The quantitative estimate of drug-likeness (QED) is 0.338. The highest BCUT2D eigenvalue weighted by atomic mass is 16.7. The summed E-state index contributed by atoms with van der Waals surface area (Å²) in [6.45, 7) is 14.3. The van der Waals surface area contributed by atoms with Crippen molar-refractivity contribution in [2.75, 3.05) is 0 Å². The summed E-state index contributed by atoms with van der Waals surface area (Å²) in [5.74, 6) is 1.30. The summed E-state index contributed by atoms with van der Waals surface area (Å²) in [4.78, 5) is 0. The lowest BCUT2D eigenvalue weighted by atomic mass is 9.87. The van der Waals surface area contributed by atoms with E-state index in [1.54, 1.807) is 0 Å². The molecule has 3 nitrogen and oxygen atoms in total. The van der Waals surface area contributed by atoms with Crippen molar-refractivity contribution in [3.63, 3.8) is 0 Å². The predicted molar refractivity (Wildman–Crippen MR) is 138 cm³/mol. The van der Waals surface area contributed by atoms with Crippen molar-refractivity contribution in [2.24, 2.45) is 0 Å². The zero-order valence-corrected chi connectivity index (χ0v) is 20.5. The van der Waals surface area contributed by atoms with Crippen LogP contribution in [0.3, 0.4) is 0 Å². The van der Waals surface area contributed by atoms with Crippen molar-refractivity contribution in [1.82, 2.24) is 0 Å². The monoisotopic (exact) mass is 438 g/mol. The minimum Gasteiger partial charge on any atom is -0.501 e. The number of rotatable bonds is 5. The Bertz CT molecular complexity index is 1330. The highest BCUT2D eigenvalue weighted by Crippen LogP contribution is 2.41. The van der Waals surface area contributed by atoms with Gasteiger partial charge in [0.25, 0.3) is 0 Å². The van der Waals surface area contributed by atoms with Crippen LogP contribution in [0, 0.1) is 48.5 Å². The summed E-state index contributed by atoms with van der Waals surface area (Å²) >= 11 is 0. The Hall–Kier alpha value is -3.24. The van der Waals surface area contributed by atoms with E-state index in [0.29, 0.717) is 11.5 Å². The van der Waals surface area contributed by atoms with E-state index < -0.39 is 7.32 Å². The van der Waals surface area contributed by atoms with Crippen LogP contribution in [0.2, 0.25) is 0 Å². The van der Waals surface area contributed by atoms with Crippen LogP contribution in [0.1, 0.15) is 38.9 Å². The number of hydrogen-bond acceptors (Lipinski definition) is 3. The minimum atomic E-state index is -1.41. The van der Waals surface area contributed by atoms with Crippen LogP contribution in [-0.2, 0) is 0 Å². The molecule has 0 bridgehead atoms. The second-order valence-electron chi connectivity index (χ2n) is 9.09. The maximum atomic E-state index is 10.7. The standard InChI is InChI=1S/C29H31BO3/c1-17-14-20(4)28(21(5)15-17)32-30(31)33-29-22(6)16-19(3)26(23(29)7)27-18(2)12-13-24-10-8-9-11-25(24)27/h8-16,31H,1-7H3. The summed E-state index contributed by atoms with van der Waals surface area (Å²) in [6.07, 6.45) is 0. The summed E-state index contributed by atoms with van der Waals surface area (Å²) in [7, 11) is -1.41. The van der Waals surface area contributed by atoms with Crippen LogP contribution < -0.4 is 9.31 Å². The van der Waals surface area contributed by atoms with E-state index in [1.165, 1.54) is 27.5 Å². The Morgan fingerprint density at radius 1 is 0.606 bits per heavy atom. The highest BCUT2D eigenvalue weighted by molar-refractivity contribution is 6.37. The van der Waals surface area contributed by atoms with Crippen molar-refractivity contribution in [3.05, 3.63) is 93.5 Å². The fourth-order valence-corrected chi connectivity index (χ4v) is 5.02. The third-order valence-corrected chi connectivity index (χ3v) is 6.33. The molecule has 0 aliphatic rings. The zero-order valence-electron chi connectivity index (χ0n) is 20.5. The van der Waals surface area contributed by atoms with Gasteiger partial charge in [0.1, 0.15) is 11.5 Å². The van der Waals surface area contributed by atoms with E-state index in [2.05, 4.69) is 63.2 Å².